The highest BCUT2D eigenvalue weighted by molar-refractivity contribution is 5.81. The van der Waals surface area contributed by atoms with Gasteiger partial charge < -0.3 is 9.80 Å². The zero-order valence-electron chi connectivity index (χ0n) is 18.1. The van der Waals surface area contributed by atoms with Crippen LogP contribution in [0.15, 0.2) is 60.9 Å². The van der Waals surface area contributed by atoms with E-state index >= 15 is 0 Å². The van der Waals surface area contributed by atoms with E-state index < -0.39 is 0 Å². The summed E-state index contributed by atoms with van der Waals surface area (Å²) in [5.74, 6) is 1.47. The number of anilines is 1. The molecule has 5 heterocycles. The first kappa shape index (κ1) is 19.4. The van der Waals surface area contributed by atoms with Crippen molar-refractivity contribution in [3.63, 3.8) is 0 Å². The standard InChI is InChI=1S/C25H25FN6/c1-30-14-10-25(16-30)11-15-31(17-25)22-7-6-21-24(29-22)32(20-8-12-27-13-9-20)23(28-21)18-2-4-19(26)5-3-18/h2-9,12-13H,10-11,14-17H2,1H3. The predicted octanol–water partition coefficient (Wildman–Crippen LogP) is 4.15. The molecule has 6 nitrogen and oxygen atoms in total. The van der Waals surface area contributed by atoms with Crippen LogP contribution in [0.5, 0.6) is 0 Å². The summed E-state index contributed by atoms with van der Waals surface area (Å²) in [6.45, 7) is 4.41. The summed E-state index contributed by atoms with van der Waals surface area (Å²) in [6.07, 6.45) is 5.99. The van der Waals surface area contributed by atoms with Crippen LogP contribution in [-0.2, 0) is 0 Å². The van der Waals surface area contributed by atoms with Gasteiger partial charge in [-0.05, 0) is 75.0 Å². The Labute approximate surface area is 186 Å². The monoisotopic (exact) mass is 428 g/mol. The minimum Gasteiger partial charge on any atom is -0.356 e. The second-order valence-electron chi connectivity index (χ2n) is 9.15. The van der Waals surface area contributed by atoms with Gasteiger partial charge in [-0.2, -0.15) is 0 Å². The topological polar surface area (TPSA) is 50.1 Å². The fourth-order valence-electron chi connectivity index (χ4n) is 5.28. The lowest BCUT2D eigenvalue weighted by Gasteiger charge is -2.24. The summed E-state index contributed by atoms with van der Waals surface area (Å²) in [6, 6.07) is 14.5. The van der Waals surface area contributed by atoms with E-state index in [1.54, 1.807) is 24.5 Å². The van der Waals surface area contributed by atoms with Gasteiger partial charge in [0, 0.05) is 43.0 Å². The molecule has 1 unspecified atom stereocenters. The third-order valence-electron chi connectivity index (χ3n) is 6.90. The second-order valence-corrected chi connectivity index (χ2v) is 9.15. The van der Waals surface area contributed by atoms with Crippen molar-refractivity contribution in [3.8, 4) is 17.1 Å². The average molecular weight is 429 g/mol. The maximum atomic E-state index is 13.5. The Bertz CT molecular complexity index is 1270. The zero-order chi connectivity index (χ0) is 21.7. The Morgan fingerprint density at radius 2 is 1.66 bits per heavy atom. The lowest BCUT2D eigenvalue weighted by atomic mass is 9.86. The molecule has 2 aliphatic heterocycles. The van der Waals surface area contributed by atoms with Gasteiger partial charge in [-0.3, -0.25) is 9.55 Å². The van der Waals surface area contributed by atoms with E-state index in [2.05, 4.69) is 27.9 Å². The van der Waals surface area contributed by atoms with Crippen LogP contribution in [-0.4, -0.2) is 57.6 Å². The molecule has 0 radical (unpaired) electrons. The van der Waals surface area contributed by atoms with Gasteiger partial charge in [-0.1, -0.05) is 0 Å². The minimum atomic E-state index is -0.263. The molecule has 2 aliphatic rings. The van der Waals surface area contributed by atoms with Crippen LogP contribution in [0.1, 0.15) is 12.8 Å². The summed E-state index contributed by atoms with van der Waals surface area (Å²) in [5.41, 5.74) is 3.78. The number of pyridine rings is 2. The SMILES string of the molecule is CN1CCC2(CCN(c3ccc4nc(-c5ccc(F)cc5)n(-c5ccncc5)c4n3)C2)C1. The highest BCUT2D eigenvalue weighted by atomic mass is 19.1. The average Bonchev–Trinajstić information content (AvgIpc) is 3.51. The lowest BCUT2D eigenvalue weighted by Crippen LogP contribution is -2.30. The molecule has 3 aromatic heterocycles. The fraction of sp³-hybridized carbons (Fsp3) is 0.320. The van der Waals surface area contributed by atoms with Crippen LogP contribution in [0, 0.1) is 11.2 Å². The number of hydrogen-bond acceptors (Lipinski definition) is 5. The molecular weight excluding hydrogens is 403 g/mol. The van der Waals surface area contributed by atoms with Crippen LogP contribution >= 0.6 is 0 Å². The Balaban J connectivity index is 1.46. The number of likely N-dealkylation sites (tertiary alicyclic amines) is 1. The van der Waals surface area contributed by atoms with E-state index in [1.807, 2.05) is 22.8 Å². The summed E-state index contributed by atoms with van der Waals surface area (Å²) in [5, 5.41) is 0. The molecule has 1 spiro atoms. The Kier molecular flexibility index (Phi) is 4.47. The lowest BCUT2D eigenvalue weighted by molar-refractivity contribution is 0.312. The molecule has 0 aliphatic carbocycles. The summed E-state index contributed by atoms with van der Waals surface area (Å²) in [4.78, 5) is 19.0. The molecule has 4 aromatic rings. The first-order chi connectivity index (χ1) is 15.6. The van der Waals surface area contributed by atoms with Gasteiger partial charge in [0.25, 0.3) is 0 Å². The molecule has 2 saturated heterocycles. The number of rotatable bonds is 3. The maximum Gasteiger partial charge on any atom is 0.167 e. The first-order valence-electron chi connectivity index (χ1n) is 11.1. The molecule has 0 saturated carbocycles. The van der Waals surface area contributed by atoms with Gasteiger partial charge in [-0.15, -0.1) is 0 Å². The number of halogens is 1. The van der Waals surface area contributed by atoms with Gasteiger partial charge in [0.05, 0.1) is 5.69 Å². The number of hydrogen-bond donors (Lipinski definition) is 0. The van der Waals surface area contributed by atoms with E-state index in [9.17, 15) is 4.39 Å². The van der Waals surface area contributed by atoms with Gasteiger partial charge >= 0.3 is 0 Å². The van der Waals surface area contributed by atoms with Gasteiger partial charge in [0.2, 0.25) is 0 Å². The van der Waals surface area contributed by atoms with Crippen molar-refractivity contribution < 1.29 is 4.39 Å². The van der Waals surface area contributed by atoms with Crippen LogP contribution < -0.4 is 4.90 Å². The highest BCUT2D eigenvalue weighted by Crippen LogP contribution is 2.40. The van der Waals surface area contributed by atoms with Gasteiger partial charge in [-0.25, -0.2) is 14.4 Å². The third-order valence-corrected chi connectivity index (χ3v) is 6.90. The van der Waals surface area contributed by atoms with E-state index in [0.29, 0.717) is 5.41 Å². The molecule has 1 aromatic carbocycles. The number of fused-ring (bicyclic) bond motifs is 1. The fourth-order valence-corrected chi connectivity index (χ4v) is 5.28. The predicted molar refractivity (Wildman–Crippen MR) is 123 cm³/mol. The molecule has 0 bridgehead atoms. The number of imidazole rings is 1. The molecule has 6 rings (SSSR count). The van der Waals surface area contributed by atoms with Crippen LogP contribution in [0.2, 0.25) is 0 Å². The molecule has 162 valence electrons. The maximum absolute atomic E-state index is 13.5. The van der Waals surface area contributed by atoms with Crippen molar-refractivity contribution in [1.29, 1.82) is 0 Å². The van der Waals surface area contributed by atoms with E-state index in [0.717, 1.165) is 53.7 Å². The van der Waals surface area contributed by atoms with Crippen LogP contribution in [0.4, 0.5) is 10.2 Å². The van der Waals surface area contributed by atoms with Crippen molar-refractivity contribution in [2.45, 2.75) is 12.8 Å². The second kappa shape index (κ2) is 7.38. The highest BCUT2D eigenvalue weighted by Gasteiger charge is 2.42. The van der Waals surface area contributed by atoms with E-state index in [-0.39, 0.29) is 5.82 Å². The van der Waals surface area contributed by atoms with Crippen LogP contribution in [0.3, 0.4) is 0 Å². The van der Waals surface area contributed by atoms with Gasteiger partial charge in [0.1, 0.15) is 23.0 Å². The number of aromatic nitrogens is 4. The molecule has 2 fully saturated rings. The first-order valence-corrected chi connectivity index (χ1v) is 11.1. The van der Waals surface area contributed by atoms with E-state index in [4.69, 9.17) is 9.97 Å². The zero-order valence-corrected chi connectivity index (χ0v) is 18.1. The molecular formula is C25H25FN6. The van der Waals surface area contributed by atoms with Crippen molar-refractivity contribution in [2.75, 3.05) is 38.1 Å². The molecule has 7 heteroatoms. The van der Waals surface area contributed by atoms with Crippen LogP contribution in [0.25, 0.3) is 28.2 Å². The summed E-state index contributed by atoms with van der Waals surface area (Å²) >= 11 is 0. The minimum absolute atomic E-state index is 0.263. The summed E-state index contributed by atoms with van der Waals surface area (Å²) in [7, 11) is 2.21. The van der Waals surface area contributed by atoms with Crippen molar-refractivity contribution in [3.05, 3.63) is 66.7 Å². The van der Waals surface area contributed by atoms with Crippen molar-refractivity contribution in [2.24, 2.45) is 5.41 Å². The Morgan fingerprint density at radius 3 is 2.41 bits per heavy atom. The van der Waals surface area contributed by atoms with Crippen molar-refractivity contribution >= 4 is 17.0 Å². The van der Waals surface area contributed by atoms with E-state index in [1.165, 1.54) is 31.5 Å². The molecule has 1 atom stereocenters. The quantitative estimate of drug-likeness (QED) is 0.491. The smallest absolute Gasteiger partial charge is 0.167 e. The van der Waals surface area contributed by atoms with Gasteiger partial charge in [0.15, 0.2) is 5.65 Å². The molecule has 32 heavy (non-hydrogen) atoms. The summed E-state index contributed by atoms with van der Waals surface area (Å²) < 4.78 is 15.6. The third kappa shape index (κ3) is 3.24. The normalized spacial score (nSPS) is 21.2. The molecule has 0 N–H and O–H groups in total. The Morgan fingerprint density at radius 1 is 0.875 bits per heavy atom. The van der Waals surface area contributed by atoms with Crippen molar-refractivity contribution in [1.82, 2.24) is 24.4 Å². The Hall–Kier alpha value is -3.32. The largest absolute Gasteiger partial charge is 0.356 e. The molecule has 0 amide bonds. The number of nitrogens with zero attached hydrogens (tertiary/aromatic N) is 6. The number of benzene rings is 1.